The lowest BCUT2D eigenvalue weighted by Gasteiger charge is -2.33. The van der Waals surface area contributed by atoms with Gasteiger partial charge in [0.05, 0.1) is 23.4 Å². The number of anilines is 2. The van der Waals surface area contributed by atoms with E-state index in [2.05, 4.69) is 5.32 Å². The SMILES string of the molecule is CC1Oc2ccc(NC(=O)c3cc(C(F)(F)F)cc(C(F)(F)F)c3)cc2N(Cc2ccccc2Cl)C1=O. The molecule has 4 rings (SSSR count). The van der Waals surface area contributed by atoms with Gasteiger partial charge in [-0.2, -0.15) is 26.3 Å². The van der Waals surface area contributed by atoms with E-state index in [9.17, 15) is 35.9 Å². The average molecular weight is 543 g/mol. The van der Waals surface area contributed by atoms with Gasteiger partial charge in [-0.15, -0.1) is 0 Å². The van der Waals surface area contributed by atoms with Gasteiger partial charge >= 0.3 is 12.4 Å². The molecule has 0 spiro atoms. The Kier molecular flexibility index (Phi) is 6.85. The lowest BCUT2D eigenvalue weighted by molar-refractivity contribution is -0.143. The molecule has 194 valence electrons. The number of ether oxygens (including phenoxy) is 1. The summed E-state index contributed by atoms with van der Waals surface area (Å²) >= 11 is 6.23. The molecule has 0 aliphatic carbocycles. The second-order valence-electron chi connectivity index (χ2n) is 8.21. The van der Waals surface area contributed by atoms with Crippen LogP contribution in [0.15, 0.2) is 60.7 Å². The van der Waals surface area contributed by atoms with Crippen LogP contribution in [-0.2, 0) is 23.7 Å². The summed E-state index contributed by atoms with van der Waals surface area (Å²) in [5.41, 5.74) is -3.19. The summed E-state index contributed by atoms with van der Waals surface area (Å²) < 4.78 is 84.6. The van der Waals surface area contributed by atoms with Gasteiger partial charge in [0, 0.05) is 16.3 Å². The zero-order chi connectivity index (χ0) is 27.1. The molecule has 0 radical (unpaired) electrons. The number of carbonyl (C=O) groups excluding carboxylic acids is 2. The minimum Gasteiger partial charge on any atom is -0.479 e. The van der Waals surface area contributed by atoms with E-state index in [1.54, 1.807) is 31.2 Å². The molecule has 3 aromatic rings. The molecule has 5 nitrogen and oxygen atoms in total. The van der Waals surface area contributed by atoms with Crippen LogP contribution in [0.4, 0.5) is 37.7 Å². The molecule has 37 heavy (non-hydrogen) atoms. The van der Waals surface area contributed by atoms with Crippen LogP contribution in [0.1, 0.15) is 34.0 Å². The lowest BCUT2D eigenvalue weighted by Crippen LogP contribution is -2.44. The molecular weight excluding hydrogens is 526 g/mol. The Morgan fingerprint density at radius 2 is 1.59 bits per heavy atom. The Bertz CT molecular complexity index is 1340. The fourth-order valence-corrected chi connectivity index (χ4v) is 3.93. The van der Waals surface area contributed by atoms with Crippen LogP contribution in [0.25, 0.3) is 0 Å². The largest absolute Gasteiger partial charge is 0.479 e. The molecule has 1 unspecified atom stereocenters. The van der Waals surface area contributed by atoms with Crippen LogP contribution in [0.5, 0.6) is 5.75 Å². The lowest BCUT2D eigenvalue weighted by atomic mass is 10.0. The highest BCUT2D eigenvalue weighted by Crippen LogP contribution is 2.39. The first kappa shape index (κ1) is 26.3. The van der Waals surface area contributed by atoms with Crippen molar-refractivity contribution >= 4 is 34.8 Å². The van der Waals surface area contributed by atoms with Crippen molar-refractivity contribution in [3.63, 3.8) is 0 Å². The first-order chi connectivity index (χ1) is 17.2. The van der Waals surface area contributed by atoms with Gasteiger partial charge in [0.2, 0.25) is 0 Å². The number of halogens is 7. The van der Waals surface area contributed by atoms with E-state index < -0.39 is 47.0 Å². The van der Waals surface area contributed by atoms with E-state index in [0.29, 0.717) is 22.7 Å². The minimum atomic E-state index is -5.10. The first-order valence-corrected chi connectivity index (χ1v) is 11.1. The molecule has 3 aromatic carbocycles. The molecule has 2 amide bonds. The first-order valence-electron chi connectivity index (χ1n) is 10.7. The predicted molar refractivity (Wildman–Crippen MR) is 124 cm³/mol. The van der Waals surface area contributed by atoms with Crippen LogP contribution in [-0.4, -0.2) is 17.9 Å². The molecule has 1 atom stereocenters. The zero-order valence-corrected chi connectivity index (χ0v) is 19.6. The Morgan fingerprint density at radius 3 is 2.19 bits per heavy atom. The second kappa shape index (κ2) is 9.62. The zero-order valence-electron chi connectivity index (χ0n) is 18.9. The number of fused-ring (bicyclic) bond motifs is 1. The maximum absolute atomic E-state index is 13.2. The van der Waals surface area contributed by atoms with Crippen LogP contribution < -0.4 is 15.0 Å². The Labute approximate surface area is 211 Å². The van der Waals surface area contributed by atoms with Crippen molar-refractivity contribution in [3.05, 3.63) is 87.9 Å². The topological polar surface area (TPSA) is 58.6 Å². The van der Waals surface area contributed by atoms with Crippen LogP contribution >= 0.6 is 11.6 Å². The predicted octanol–water partition coefficient (Wildman–Crippen LogP) is 6.94. The number of amides is 2. The Hall–Kier alpha value is -3.73. The molecule has 0 aromatic heterocycles. The highest BCUT2D eigenvalue weighted by atomic mass is 35.5. The fourth-order valence-electron chi connectivity index (χ4n) is 3.73. The molecular formula is C25H17ClF6N2O3. The Morgan fingerprint density at radius 1 is 0.973 bits per heavy atom. The van der Waals surface area contributed by atoms with E-state index >= 15 is 0 Å². The number of nitrogens with zero attached hydrogens (tertiary/aromatic N) is 1. The summed E-state index contributed by atoms with van der Waals surface area (Å²) in [6.07, 6.45) is -11.0. The second-order valence-corrected chi connectivity index (χ2v) is 8.61. The van der Waals surface area contributed by atoms with Crippen molar-refractivity contribution in [1.29, 1.82) is 0 Å². The van der Waals surface area contributed by atoms with Gasteiger partial charge in [0.1, 0.15) is 5.75 Å². The van der Waals surface area contributed by atoms with E-state index in [4.69, 9.17) is 16.3 Å². The summed E-state index contributed by atoms with van der Waals surface area (Å²) in [7, 11) is 0. The van der Waals surface area contributed by atoms with E-state index in [1.807, 2.05) is 0 Å². The Balaban J connectivity index is 1.68. The molecule has 1 aliphatic rings. The van der Waals surface area contributed by atoms with Crippen molar-refractivity contribution < 1.29 is 40.7 Å². The summed E-state index contributed by atoms with van der Waals surface area (Å²) in [6.45, 7) is 1.60. The molecule has 1 heterocycles. The van der Waals surface area contributed by atoms with Crippen molar-refractivity contribution in [1.82, 2.24) is 0 Å². The third kappa shape index (κ3) is 5.66. The van der Waals surface area contributed by atoms with Crippen LogP contribution in [0, 0.1) is 0 Å². The van der Waals surface area contributed by atoms with E-state index in [0.717, 1.165) is 0 Å². The van der Waals surface area contributed by atoms with Crippen LogP contribution in [0.2, 0.25) is 5.02 Å². The average Bonchev–Trinajstić information content (AvgIpc) is 2.82. The quantitative estimate of drug-likeness (QED) is 0.363. The molecule has 1 N–H and O–H groups in total. The number of hydrogen-bond acceptors (Lipinski definition) is 3. The van der Waals surface area contributed by atoms with Gasteiger partial charge < -0.3 is 15.0 Å². The van der Waals surface area contributed by atoms with Crippen molar-refractivity contribution in [2.45, 2.75) is 31.9 Å². The van der Waals surface area contributed by atoms with E-state index in [-0.39, 0.29) is 29.7 Å². The number of carbonyl (C=O) groups is 2. The highest BCUT2D eigenvalue weighted by Gasteiger charge is 2.38. The normalized spacial score (nSPS) is 15.7. The van der Waals surface area contributed by atoms with Gasteiger partial charge in [-0.25, -0.2) is 0 Å². The smallest absolute Gasteiger partial charge is 0.416 e. The van der Waals surface area contributed by atoms with Gasteiger partial charge in [0.25, 0.3) is 11.8 Å². The van der Waals surface area contributed by atoms with Gasteiger partial charge in [0.15, 0.2) is 6.10 Å². The molecule has 0 saturated heterocycles. The highest BCUT2D eigenvalue weighted by molar-refractivity contribution is 6.31. The number of nitrogens with one attached hydrogen (secondary N) is 1. The van der Waals surface area contributed by atoms with Crippen LogP contribution in [0.3, 0.4) is 0 Å². The van der Waals surface area contributed by atoms with Gasteiger partial charge in [-0.05, 0) is 55.0 Å². The van der Waals surface area contributed by atoms with Gasteiger partial charge in [-0.1, -0.05) is 29.8 Å². The number of hydrogen-bond donors (Lipinski definition) is 1. The van der Waals surface area contributed by atoms with E-state index in [1.165, 1.54) is 23.1 Å². The maximum Gasteiger partial charge on any atom is 0.416 e. The monoisotopic (exact) mass is 542 g/mol. The summed E-state index contributed by atoms with van der Waals surface area (Å²) in [6, 6.07) is 11.5. The summed E-state index contributed by atoms with van der Waals surface area (Å²) in [5, 5.41) is 2.70. The number of alkyl halides is 6. The maximum atomic E-state index is 13.2. The third-order valence-electron chi connectivity index (χ3n) is 5.56. The standard InChI is InChI=1S/C25H17ClF6N2O3/c1-13-23(36)34(12-14-4-2-3-5-19(14)26)20-11-18(6-7-21(20)37-13)33-22(35)15-8-16(24(27,28)29)10-17(9-15)25(30,31)32/h2-11,13H,12H2,1H3,(H,33,35). The third-order valence-corrected chi connectivity index (χ3v) is 5.93. The molecule has 1 aliphatic heterocycles. The molecule has 0 saturated carbocycles. The molecule has 0 bridgehead atoms. The van der Waals surface area contributed by atoms with Crippen molar-refractivity contribution in [3.8, 4) is 5.75 Å². The molecule has 0 fully saturated rings. The minimum absolute atomic E-state index is 0.0184. The summed E-state index contributed by atoms with van der Waals surface area (Å²) in [4.78, 5) is 26.9. The van der Waals surface area contributed by atoms with Gasteiger partial charge in [-0.3, -0.25) is 9.59 Å². The van der Waals surface area contributed by atoms with Crippen molar-refractivity contribution in [2.75, 3.05) is 10.2 Å². The van der Waals surface area contributed by atoms with Crippen molar-refractivity contribution in [2.24, 2.45) is 0 Å². The number of rotatable bonds is 4. The number of benzene rings is 3. The molecule has 12 heteroatoms. The summed E-state index contributed by atoms with van der Waals surface area (Å²) in [5.74, 6) is -1.33. The fraction of sp³-hybridized carbons (Fsp3) is 0.200.